The van der Waals surface area contributed by atoms with Crippen LogP contribution in [0.25, 0.3) is 0 Å². The van der Waals surface area contributed by atoms with Crippen LogP contribution in [-0.2, 0) is 4.74 Å². The third kappa shape index (κ3) is 6.05. The van der Waals surface area contributed by atoms with Crippen molar-refractivity contribution < 1.29 is 4.74 Å². The van der Waals surface area contributed by atoms with Gasteiger partial charge < -0.3 is 14.5 Å². The molecule has 2 heterocycles. The number of anilines is 2. The highest BCUT2D eigenvalue weighted by Crippen LogP contribution is 2.53. The van der Waals surface area contributed by atoms with Crippen LogP contribution in [0.15, 0.2) is 18.2 Å². The molecular weight excluding hydrogens is 442 g/mol. The Morgan fingerprint density at radius 1 is 0.882 bits per heavy atom. The van der Waals surface area contributed by atoms with Crippen molar-refractivity contribution in [1.82, 2.24) is 4.90 Å². The van der Waals surface area contributed by atoms with Crippen LogP contribution >= 0.6 is 12.4 Å². The first-order chi connectivity index (χ1) is 15.7. The lowest BCUT2D eigenvalue weighted by Gasteiger charge is -2.46. The molecule has 2 saturated carbocycles. The topological polar surface area (TPSA) is 19.0 Å². The molecule has 1 aromatic rings. The molecule has 0 amide bonds. The highest BCUT2D eigenvalue weighted by atomic mass is 35.5. The van der Waals surface area contributed by atoms with E-state index in [0.29, 0.717) is 22.9 Å². The van der Waals surface area contributed by atoms with Gasteiger partial charge in [0.15, 0.2) is 0 Å². The molecule has 0 N–H and O–H groups in total. The summed E-state index contributed by atoms with van der Waals surface area (Å²) in [4.78, 5) is 7.97. The second-order valence-corrected chi connectivity index (χ2v) is 13.2. The van der Waals surface area contributed by atoms with Crippen molar-refractivity contribution in [2.24, 2.45) is 16.7 Å². The lowest BCUT2D eigenvalue weighted by molar-refractivity contribution is 0.0970. The fourth-order valence-electron chi connectivity index (χ4n) is 7.41. The average molecular weight is 490 g/mol. The number of nitrogens with zero attached hydrogens (tertiary/aromatic N) is 3. The van der Waals surface area contributed by atoms with E-state index in [1.165, 1.54) is 76.2 Å². The Bertz CT molecular complexity index is 813. The first-order valence-electron chi connectivity index (χ1n) is 13.6. The molecule has 1 aromatic carbocycles. The first-order valence-corrected chi connectivity index (χ1v) is 13.6. The molecule has 1 atom stereocenters. The van der Waals surface area contributed by atoms with Gasteiger partial charge in [0, 0.05) is 64.3 Å². The van der Waals surface area contributed by atoms with Gasteiger partial charge in [-0.3, -0.25) is 4.90 Å². The van der Waals surface area contributed by atoms with Crippen LogP contribution in [0.5, 0.6) is 0 Å². The summed E-state index contributed by atoms with van der Waals surface area (Å²) in [5.74, 6) is 1.64. The Balaban J connectivity index is 0.00000274. The summed E-state index contributed by atoms with van der Waals surface area (Å²) in [5.41, 5.74) is 5.34. The van der Waals surface area contributed by atoms with Crippen molar-refractivity contribution in [1.29, 1.82) is 0 Å². The molecule has 0 spiro atoms. The van der Waals surface area contributed by atoms with E-state index in [2.05, 4.69) is 60.6 Å². The smallest absolute Gasteiger partial charge is 0.0762 e. The van der Waals surface area contributed by atoms with Gasteiger partial charge in [0.05, 0.1) is 6.10 Å². The number of ether oxygens (including phenoxy) is 1. The molecular formula is C29H48ClN3O. The maximum Gasteiger partial charge on any atom is 0.0762 e. The predicted octanol–water partition coefficient (Wildman–Crippen LogP) is 6.19. The maximum atomic E-state index is 5.67. The lowest BCUT2D eigenvalue weighted by Crippen LogP contribution is -2.47. The molecule has 2 aliphatic heterocycles. The van der Waals surface area contributed by atoms with Gasteiger partial charge in [0.2, 0.25) is 0 Å². The second kappa shape index (κ2) is 10.2. The van der Waals surface area contributed by atoms with Crippen LogP contribution in [0, 0.1) is 16.7 Å². The summed E-state index contributed by atoms with van der Waals surface area (Å²) in [6, 6.07) is 7.44. The summed E-state index contributed by atoms with van der Waals surface area (Å²) in [7, 11) is 1.86. The highest BCUT2D eigenvalue weighted by Gasteiger charge is 2.40. The molecule has 2 saturated heterocycles. The number of piperazine rings is 1. The van der Waals surface area contributed by atoms with Crippen LogP contribution in [0.3, 0.4) is 0 Å². The molecule has 0 unspecified atom stereocenters. The van der Waals surface area contributed by atoms with Crippen LogP contribution < -0.4 is 9.80 Å². The van der Waals surface area contributed by atoms with Crippen molar-refractivity contribution in [3.05, 3.63) is 23.8 Å². The number of methoxy groups -OCH3 is 1. The van der Waals surface area contributed by atoms with E-state index in [1.807, 2.05) is 7.11 Å². The molecule has 4 fully saturated rings. The summed E-state index contributed by atoms with van der Waals surface area (Å²) >= 11 is 0. The normalized spacial score (nSPS) is 27.6. The predicted molar refractivity (Wildman–Crippen MR) is 147 cm³/mol. The minimum Gasteiger partial charge on any atom is -0.380 e. The Hall–Kier alpha value is -0.970. The summed E-state index contributed by atoms with van der Waals surface area (Å²) < 4.78 is 5.67. The average Bonchev–Trinajstić information content (AvgIpc) is 3.44. The van der Waals surface area contributed by atoms with E-state index >= 15 is 0 Å². The molecule has 0 radical (unpaired) electrons. The van der Waals surface area contributed by atoms with E-state index in [-0.39, 0.29) is 12.4 Å². The largest absolute Gasteiger partial charge is 0.380 e. The Morgan fingerprint density at radius 3 is 2.15 bits per heavy atom. The van der Waals surface area contributed by atoms with E-state index in [1.54, 1.807) is 5.56 Å². The molecule has 34 heavy (non-hydrogen) atoms. The van der Waals surface area contributed by atoms with Gasteiger partial charge in [-0.2, -0.15) is 0 Å². The first kappa shape index (κ1) is 26.1. The third-order valence-electron chi connectivity index (χ3n) is 8.78. The van der Waals surface area contributed by atoms with Gasteiger partial charge in [-0.15, -0.1) is 12.4 Å². The van der Waals surface area contributed by atoms with Crippen LogP contribution in [-0.4, -0.2) is 63.9 Å². The van der Waals surface area contributed by atoms with Gasteiger partial charge in [-0.05, 0) is 85.0 Å². The zero-order valence-electron chi connectivity index (χ0n) is 22.3. The fourth-order valence-corrected chi connectivity index (χ4v) is 7.41. The van der Waals surface area contributed by atoms with Crippen molar-refractivity contribution in [2.45, 2.75) is 78.2 Å². The monoisotopic (exact) mass is 489 g/mol. The molecule has 0 aromatic heterocycles. The van der Waals surface area contributed by atoms with Crippen LogP contribution in [0.2, 0.25) is 0 Å². The summed E-state index contributed by atoms with van der Waals surface area (Å²) in [5, 5.41) is 0. The zero-order valence-corrected chi connectivity index (χ0v) is 23.1. The molecule has 5 heteroatoms. The van der Waals surface area contributed by atoms with Crippen molar-refractivity contribution in [3.63, 3.8) is 0 Å². The number of benzene rings is 1. The van der Waals surface area contributed by atoms with E-state index < -0.39 is 0 Å². The highest BCUT2D eigenvalue weighted by molar-refractivity contribution is 5.85. The SMILES string of the molecule is CO[C@@H]1CCN(c2ccc(N3CCN(CC4CC4)CC3)c(C3CC(C)(C)CC(C)(C)C3)c2)C1.Cl. The van der Waals surface area contributed by atoms with Crippen molar-refractivity contribution >= 4 is 23.8 Å². The molecule has 5 rings (SSSR count). The lowest BCUT2D eigenvalue weighted by atomic mass is 9.60. The number of hydrogen-bond donors (Lipinski definition) is 0. The maximum absolute atomic E-state index is 5.67. The zero-order chi connectivity index (χ0) is 23.2. The van der Waals surface area contributed by atoms with Crippen molar-refractivity contribution in [3.8, 4) is 0 Å². The van der Waals surface area contributed by atoms with Gasteiger partial charge >= 0.3 is 0 Å². The molecule has 192 valence electrons. The molecule has 4 aliphatic rings. The molecule has 2 aliphatic carbocycles. The second-order valence-electron chi connectivity index (χ2n) is 13.2. The molecule has 0 bridgehead atoms. The van der Waals surface area contributed by atoms with E-state index in [4.69, 9.17) is 4.74 Å². The van der Waals surface area contributed by atoms with E-state index in [0.717, 1.165) is 25.4 Å². The minimum atomic E-state index is 0. The van der Waals surface area contributed by atoms with Gasteiger partial charge in [0.25, 0.3) is 0 Å². The van der Waals surface area contributed by atoms with Gasteiger partial charge in [-0.25, -0.2) is 0 Å². The number of halogens is 1. The fraction of sp³-hybridized carbons (Fsp3) is 0.793. The standard InChI is InChI=1S/C29H47N3O.ClH/c1-28(2)17-23(18-29(3,4)21-28)26-16-24(32-11-10-25(20-32)33-5)8-9-27(26)31-14-12-30(13-15-31)19-22-6-7-22;/h8-9,16,22-23,25H,6-7,10-15,17-21H2,1-5H3;1H/t25-;/m1./s1. The molecule has 4 nitrogen and oxygen atoms in total. The Labute approximate surface area is 214 Å². The Morgan fingerprint density at radius 2 is 1.56 bits per heavy atom. The van der Waals surface area contributed by atoms with Gasteiger partial charge in [-0.1, -0.05) is 27.7 Å². The van der Waals surface area contributed by atoms with Crippen LogP contribution in [0.1, 0.15) is 77.7 Å². The third-order valence-corrected chi connectivity index (χ3v) is 8.78. The van der Waals surface area contributed by atoms with Crippen LogP contribution in [0.4, 0.5) is 11.4 Å². The van der Waals surface area contributed by atoms with Gasteiger partial charge in [0.1, 0.15) is 0 Å². The van der Waals surface area contributed by atoms with E-state index in [9.17, 15) is 0 Å². The van der Waals surface area contributed by atoms with Crippen molar-refractivity contribution in [2.75, 3.05) is 62.7 Å². The number of rotatable bonds is 6. The summed E-state index contributed by atoms with van der Waals surface area (Å²) in [6.07, 6.45) is 8.36. The Kier molecular flexibility index (Phi) is 7.82. The quantitative estimate of drug-likeness (QED) is 0.474. The summed E-state index contributed by atoms with van der Waals surface area (Å²) in [6.45, 7) is 18.2. The minimum absolute atomic E-state index is 0. The number of hydrogen-bond acceptors (Lipinski definition) is 4.